The van der Waals surface area contributed by atoms with Crippen LogP contribution in [-0.2, 0) is 32.8 Å². The maximum absolute atomic E-state index is 12.8. The fourth-order valence-electron chi connectivity index (χ4n) is 5.02. The standard InChI is InChI=1S/C26H37N5O4/c1-20(32)28-26(13-5-3-4-6-14-26)25-27-23(35-29-25)11-12-24(33)30(2)19-21-7-9-22(10-8-21)31-15-17-34-18-16-31/h7-10H,3-6,11-19H2,1-2H3,(H,28,32). The Morgan fingerprint density at radius 2 is 1.77 bits per heavy atom. The zero-order valence-electron chi connectivity index (χ0n) is 20.9. The lowest BCUT2D eigenvalue weighted by atomic mass is 9.89. The highest BCUT2D eigenvalue weighted by molar-refractivity contribution is 5.76. The van der Waals surface area contributed by atoms with Crippen molar-refractivity contribution in [2.45, 2.75) is 70.4 Å². The van der Waals surface area contributed by atoms with Crippen LogP contribution in [0, 0.1) is 0 Å². The summed E-state index contributed by atoms with van der Waals surface area (Å²) in [4.78, 5) is 33.3. The molecule has 190 valence electrons. The minimum absolute atomic E-state index is 0.0213. The molecule has 1 aliphatic carbocycles. The largest absolute Gasteiger partial charge is 0.378 e. The second-order valence-electron chi connectivity index (χ2n) is 9.70. The monoisotopic (exact) mass is 483 g/mol. The molecule has 2 amide bonds. The van der Waals surface area contributed by atoms with Gasteiger partial charge in [0.2, 0.25) is 17.7 Å². The van der Waals surface area contributed by atoms with Crippen LogP contribution >= 0.6 is 0 Å². The molecule has 0 atom stereocenters. The van der Waals surface area contributed by atoms with Gasteiger partial charge in [0.25, 0.3) is 0 Å². The Balaban J connectivity index is 1.30. The predicted octanol–water partition coefficient (Wildman–Crippen LogP) is 3.18. The number of carbonyl (C=O) groups is 2. The molecule has 0 bridgehead atoms. The molecule has 1 aromatic carbocycles. The highest BCUT2D eigenvalue weighted by atomic mass is 16.5. The molecule has 9 heteroatoms. The Labute approximate surface area is 207 Å². The van der Waals surface area contributed by atoms with Gasteiger partial charge in [-0.15, -0.1) is 0 Å². The van der Waals surface area contributed by atoms with Crippen molar-refractivity contribution in [2.75, 3.05) is 38.3 Å². The summed E-state index contributed by atoms with van der Waals surface area (Å²) in [5.74, 6) is 0.900. The first-order chi connectivity index (χ1) is 16.9. The maximum atomic E-state index is 12.8. The van der Waals surface area contributed by atoms with Crippen LogP contribution in [0.2, 0.25) is 0 Å². The van der Waals surface area contributed by atoms with Crippen molar-refractivity contribution in [3.63, 3.8) is 0 Å². The van der Waals surface area contributed by atoms with Crippen molar-refractivity contribution >= 4 is 17.5 Å². The first-order valence-corrected chi connectivity index (χ1v) is 12.7. The van der Waals surface area contributed by atoms with E-state index in [0.29, 0.717) is 24.7 Å². The van der Waals surface area contributed by atoms with Crippen molar-refractivity contribution in [3.8, 4) is 0 Å². The summed E-state index contributed by atoms with van der Waals surface area (Å²) in [6, 6.07) is 8.37. The van der Waals surface area contributed by atoms with Crippen LogP contribution < -0.4 is 10.2 Å². The van der Waals surface area contributed by atoms with Crippen LogP contribution in [0.3, 0.4) is 0 Å². The SMILES string of the molecule is CC(=O)NC1(c2noc(CCC(=O)N(C)Cc3ccc(N4CCOCC4)cc3)n2)CCCCCC1. The summed E-state index contributed by atoms with van der Waals surface area (Å²) >= 11 is 0. The lowest BCUT2D eigenvalue weighted by Crippen LogP contribution is -2.45. The van der Waals surface area contributed by atoms with Gasteiger partial charge in [-0.2, -0.15) is 4.98 Å². The van der Waals surface area contributed by atoms with Crippen LogP contribution in [0.15, 0.2) is 28.8 Å². The molecular formula is C26H37N5O4. The van der Waals surface area contributed by atoms with Gasteiger partial charge in [0.15, 0.2) is 5.82 Å². The number of morpholine rings is 1. The molecule has 35 heavy (non-hydrogen) atoms. The number of amides is 2. The van der Waals surface area contributed by atoms with Gasteiger partial charge in [-0.1, -0.05) is 43.0 Å². The lowest BCUT2D eigenvalue weighted by molar-refractivity contribution is -0.130. The molecule has 0 spiro atoms. The number of hydrogen-bond acceptors (Lipinski definition) is 7. The summed E-state index contributed by atoms with van der Waals surface area (Å²) < 4.78 is 10.9. The van der Waals surface area contributed by atoms with E-state index in [9.17, 15) is 9.59 Å². The molecule has 1 aliphatic heterocycles. The number of hydrogen-bond donors (Lipinski definition) is 1. The Morgan fingerprint density at radius 1 is 1.09 bits per heavy atom. The number of ether oxygens (including phenoxy) is 1. The van der Waals surface area contributed by atoms with Gasteiger partial charge in [-0.25, -0.2) is 0 Å². The van der Waals surface area contributed by atoms with Crippen LogP contribution in [0.1, 0.15) is 69.1 Å². The van der Waals surface area contributed by atoms with E-state index in [1.165, 1.54) is 12.6 Å². The molecular weight excluding hydrogens is 446 g/mol. The summed E-state index contributed by atoms with van der Waals surface area (Å²) in [6.07, 6.45) is 6.59. The fourth-order valence-corrected chi connectivity index (χ4v) is 5.02. The number of nitrogens with one attached hydrogen (secondary N) is 1. The minimum Gasteiger partial charge on any atom is -0.378 e. The van der Waals surface area contributed by atoms with Gasteiger partial charge in [-0.3, -0.25) is 9.59 Å². The molecule has 1 aromatic heterocycles. The fraction of sp³-hybridized carbons (Fsp3) is 0.615. The van der Waals surface area contributed by atoms with Crippen molar-refractivity contribution in [2.24, 2.45) is 0 Å². The van der Waals surface area contributed by atoms with Crippen molar-refractivity contribution < 1.29 is 18.8 Å². The number of aromatic nitrogens is 2. The van der Waals surface area contributed by atoms with Crippen LogP contribution in [0.25, 0.3) is 0 Å². The lowest BCUT2D eigenvalue weighted by Gasteiger charge is -2.30. The summed E-state index contributed by atoms with van der Waals surface area (Å²) in [6.45, 7) is 5.40. The Morgan fingerprint density at radius 3 is 2.43 bits per heavy atom. The van der Waals surface area contributed by atoms with Crippen LogP contribution in [-0.4, -0.2) is 60.2 Å². The molecule has 1 saturated heterocycles. The molecule has 4 rings (SSSR count). The molecule has 2 heterocycles. The topological polar surface area (TPSA) is 101 Å². The quantitative estimate of drug-likeness (QED) is 0.576. The normalized spacial score (nSPS) is 18.1. The van der Waals surface area contributed by atoms with E-state index in [1.54, 1.807) is 4.90 Å². The first-order valence-electron chi connectivity index (χ1n) is 12.7. The summed E-state index contributed by atoms with van der Waals surface area (Å²) in [5.41, 5.74) is 1.70. The van der Waals surface area contributed by atoms with Gasteiger partial charge in [0.05, 0.1) is 13.2 Å². The van der Waals surface area contributed by atoms with Gasteiger partial charge in [0, 0.05) is 52.1 Å². The number of nitrogens with zero attached hydrogens (tertiary/aromatic N) is 4. The molecule has 0 radical (unpaired) electrons. The number of aryl methyl sites for hydroxylation is 1. The predicted molar refractivity (Wildman–Crippen MR) is 132 cm³/mol. The summed E-state index contributed by atoms with van der Waals surface area (Å²) in [7, 11) is 1.81. The third-order valence-corrected chi connectivity index (χ3v) is 6.98. The van der Waals surface area contributed by atoms with Gasteiger partial charge < -0.3 is 24.4 Å². The van der Waals surface area contributed by atoms with E-state index >= 15 is 0 Å². The smallest absolute Gasteiger partial charge is 0.227 e. The van der Waals surface area contributed by atoms with E-state index in [0.717, 1.165) is 70.4 Å². The van der Waals surface area contributed by atoms with Gasteiger partial charge in [-0.05, 0) is 30.5 Å². The molecule has 0 unspecified atom stereocenters. The van der Waals surface area contributed by atoms with E-state index in [2.05, 4.69) is 44.6 Å². The van der Waals surface area contributed by atoms with E-state index in [1.807, 2.05) is 7.05 Å². The van der Waals surface area contributed by atoms with Crippen molar-refractivity contribution in [1.29, 1.82) is 0 Å². The maximum Gasteiger partial charge on any atom is 0.227 e. The zero-order valence-corrected chi connectivity index (χ0v) is 20.9. The van der Waals surface area contributed by atoms with Gasteiger partial charge >= 0.3 is 0 Å². The van der Waals surface area contributed by atoms with Crippen LogP contribution in [0.4, 0.5) is 5.69 Å². The third-order valence-electron chi connectivity index (χ3n) is 6.98. The van der Waals surface area contributed by atoms with E-state index in [4.69, 9.17) is 9.26 Å². The third kappa shape index (κ3) is 6.60. The minimum atomic E-state index is -0.571. The van der Waals surface area contributed by atoms with E-state index < -0.39 is 5.54 Å². The van der Waals surface area contributed by atoms with Crippen molar-refractivity contribution in [3.05, 3.63) is 41.5 Å². The zero-order chi connectivity index (χ0) is 24.7. The Kier molecular flexibility index (Phi) is 8.38. The second-order valence-corrected chi connectivity index (χ2v) is 9.70. The van der Waals surface area contributed by atoms with Crippen LogP contribution in [0.5, 0.6) is 0 Å². The molecule has 1 N–H and O–H groups in total. The molecule has 2 fully saturated rings. The number of carbonyl (C=O) groups excluding carboxylic acids is 2. The Bertz CT molecular complexity index is 976. The highest BCUT2D eigenvalue weighted by Crippen LogP contribution is 2.34. The number of anilines is 1. The van der Waals surface area contributed by atoms with Crippen molar-refractivity contribution in [1.82, 2.24) is 20.4 Å². The molecule has 1 saturated carbocycles. The Hall–Kier alpha value is -2.94. The average molecular weight is 484 g/mol. The van der Waals surface area contributed by atoms with Gasteiger partial charge in [0.1, 0.15) is 5.54 Å². The molecule has 2 aliphatic rings. The number of rotatable bonds is 8. The first kappa shape index (κ1) is 25.2. The molecule has 2 aromatic rings. The second kappa shape index (κ2) is 11.7. The highest BCUT2D eigenvalue weighted by Gasteiger charge is 2.38. The molecule has 9 nitrogen and oxygen atoms in total. The summed E-state index contributed by atoms with van der Waals surface area (Å²) in [5, 5.41) is 7.30. The van der Waals surface area contributed by atoms with E-state index in [-0.39, 0.29) is 18.2 Å². The number of benzene rings is 1. The average Bonchev–Trinajstić information content (AvgIpc) is 3.23.